The molecule has 0 spiro atoms. The van der Waals surface area contributed by atoms with Crippen LogP contribution in [0.25, 0.3) is 0 Å². The summed E-state index contributed by atoms with van der Waals surface area (Å²) in [5.74, 6) is 0. The van der Waals surface area contributed by atoms with Crippen LogP contribution in [0.2, 0.25) is 0 Å². The molecule has 1 unspecified atom stereocenters. The topological polar surface area (TPSA) is 20.2 Å². The first-order chi connectivity index (χ1) is 7.58. The fourth-order valence-electron chi connectivity index (χ4n) is 3.87. The smallest absolute Gasteiger partial charge is 0.0501 e. The van der Waals surface area contributed by atoms with E-state index < -0.39 is 0 Å². The minimum Gasteiger partial charge on any atom is -0.396 e. The molecule has 0 amide bonds. The van der Waals surface area contributed by atoms with Gasteiger partial charge in [-0.1, -0.05) is 44.2 Å². The summed E-state index contributed by atoms with van der Waals surface area (Å²) in [6, 6.07) is 10.8. The Labute approximate surface area is 97.5 Å². The monoisotopic (exact) mass is 216 g/mol. The lowest BCUT2D eigenvalue weighted by molar-refractivity contribution is 0.143. The third kappa shape index (κ3) is 1.05. The van der Waals surface area contributed by atoms with E-state index in [2.05, 4.69) is 44.2 Å². The van der Waals surface area contributed by atoms with Gasteiger partial charge in [-0.15, -0.1) is 0 Å². The largest absolute Gasteiger partial charge is 0.396 e. The van der Waals surface area contributed by atoms with Crippen molar-refractivity contribution in [3.05, 3.63) is 35.9 Å². The van der Waals surface area contributed by atoms with Crippen LogP contribution in [0.5, 0.6) is 0 Å². The second-order valence-electron chi connectivity index (χ2n) is 6.25. The Kier molecular flexibility index (Phi) is 1.87. The Morgan fingerprint density at radius 3 is 2.06 bits per heavy atom. The summed E-state index contributed by atoms with van der Waals surface area (Å²) in [5, 5.41) is 9.83. The van der Waals surface area contributed by atoms with Gasteiger partial charge in [-0.2, -0.15) is 0 Å². The highest BCUT2D eigenvalue weighted by Gasteiger charge is 2.75. The van der Waals surface area contributed by atoms with Crippen LogP contribution in [0, 0.1) is 10.8 Å². The molecule has 1 N–H and O–H groups in total. The van der Waals surface area contributed by atoms with E-state index in [1.807, 2.05) is 0 Å². The molecule has 1 heteroatoms. The maximum absolute atomic E-state index is 9.83. The molecule has 2 aliphatic carbocycles. The molecule has 0 aliphatic heterocycles. The van der Waals surface area contributed by atoms with Gasteiger partial charge in [0.2, 0.25) is 0 Å². The summed E-state index contributed by atoms with van der Waals surface area (Å²) in [7, 11) is 0. The van der Waals surface area contributed by atoms with E-state index >= 15 is 0 Å². The zero-order valence-corrected chi connectivity index (χ0v) is 10.2. The van der Waals surface area contributed by atoms with E-state index in [0.717, 1.165) is 0 Å². The van der Waals surface area contributed by atoms with Crippen LogP contribution in [0.3, 0.4) is 0 Å². The van der Waals surface area contributed by atoms with Crippen LogP contribution in [0.4, 0.5) is 0 Å². The first-order valence-corrected chi connectivity index (χ1v) is 6.24. The molecular weight excluding hydrogens is 196 g/mol. The van der Waals surface area contributed by atoms with Crippen molar-refractivity contribution in [2.45, 2.75) is 38.5 Å². The predicted octanol–water partition coefficient (Wildman–Crippen LogP) is 3.13. The Hall–Kier alpha value is -0.820. The van der Waals surface area contributed by atoms with Crippen molar-refractivity contribution in [3.8, 4) is 0 Å². The summed E-state index contributed by atoms with van der Waals surface area (Å²) in [6.45, 7) is 4.94. The second-order valence-corrected chi connectivity index (χ2v) is 6.25. The lowest BCUT2D eigenvalue weighted by Gasteiger charge is -2.29. The van der Waals surface area contributed by atoms with Crippen molar-refractivity contribution < 1.29 is 5.11 Å². The van der Waals surface area contributed by atoms with Gasteiger partial charge in [0.1, 0.15) is 0 Å². The highest BCUT2D eigenvalue weighted by Crippen LogP contribution is 2.78. The molecule has 0 radical (unpaired) electrons. The molecule has 3 rings (SSSR count). The Morgan fingerprint density at radius 1 is 1.12 bits per heavy atom. The Bertz CT molecular complexity index is 403. The highest BCUT2D eigenvalue weighted by molar-refractivity contribution is 5.40. The zero-order chi connectivity index (χ0) is 11.4. The van der Waals surface area contributed by atoms with Crippen LogP contribution >= 0.6 is 0 Å². The normalized spacial score (nSPS) is 33.4. The quantitative estimate of drug-likeness (QED) is 0.823. The van der Waals surface area contributed by atoms with Crippen LogP contribution in [0.1, 0.15) is 38.7 Å². The molecular formula is C15H20O. The number of hydrogen-bond acceptors (Lipinski definition) is 1. The molecule has 2 fully saturated rings. The fraction of sp³-hybridized carbons (Fsp3) is 0.600. The third-order valence-corrected chi connectivity index (χ3v) is 5.18. The maximum atomic E-state index is 9.83. The van der Waals surface area contributed by atoms with E-state index in [-0.39, 0.29) is 10.8 Å². The lowest BCUT2D eigenvalue weighted by atomic mass is 9.75. The number of aliphatic hydroxyl groups is 1. The third-order valence-electron chi connectivity index (χ3n) is 5.18. The van der Waals surface area contributed by atoms with Gasteiger partial charge in [0, 0.05) is 10.8 Å². The molecule has 0 bridgehead atoms. The summed E-state index contributed by atoms with van der Waals surface area (Å²) in [6.07, 6.45) is 3.67. The Morgan fingerprint density at radius 2 is 1.69 bits per heavy atom. The first kappa shape index (κ1) is 10.3. The van der Waals surface area contributed by atoms with Gasteiger partial charge in [-0.05, 0) is 30.2 Å². The molecule has 16 heavy (non-hydrogen) atoms. The minimum absolute atomic E-state index is 0.154. The van der Waals surface area contributed by atoms with Gasteiger partial charge in [-0.25, -0.2) is 0 Å². The molecule has 0 saturated heterocycles. The average molecular weight is 216 g/mol. The standard InChI is InChI=1S/C15H20O/c1-13(2)10-15(13,11-16)14(8-9-14)12-6-4-3-5-7-12/h3-7,16H,8-11H2,1-2H3. The van der Waals surface area contributed by atoms with Crippen LogP contribution in [-0.4, -0.2) is 11.7 Å². The van der Waals surface area contributed by atoms with E-state index in [1.54, 1.807) is 0 Å². The van der Waals surface area contributed by atoms with Crippen molar-refractivity contribution in [1.82, 2.24) is 0 Å². The average Bonchev–Trinajstić information content (AvgIpc) is 3.16. The molecule has 1 aromatic rings. The van der Waals surface area contributed by atoms with Gasteiger partial charge in [0.25, 0.3) is 0 Å². The second kappa shape index (κ2) is 2.89. The lowest BCUT2D eigenvalue weighted by Crippen LogP contribution is -2.30. The van der Waals surface area contributed by atoms with Gasteiger partial charge in [0.05, 0.1) is 6.61 Å². The fourth-order valence-corrected chi connectivity index (χ4v) is 3.87. The zero-order valence-electron chi connectivity index (χ0n) is 10.2. The minimum atomic E-state index is 0.154. The van der Waals surface area contributed by atoms with Gasteiger partial charge >= 0.3 is 0 Å². The molecule has 86 valence electrons. The summed E-state index contributed by atoms with van der Waals surface area (Å²) in [5.41, 5.74) is 2.19. The maximum Gasteiger partial charge on any atom is 0.0501 e. The summed E-state index contributed by atoms with van der Waals surface area (Å²) in [4.78, 5) is 0. The van der Waals surface area contributed by atoms with Crippen molar-refractivity contribution >= 4 is 0 Å². The summed E-state index contributed by atoms with van der Waals surface area (Å²) >= 11 is 0. The highest BCUT2D eigenvalue weighted by atomic mass is 16.3. The molecule has 1 nitrogen and oxygen atoms in total. The van der Waals surface area contributed by atoms with Gasteiger partial charge < -0.3 is 5.11 Å². The molecule has 0 heterocycles. The van der Waals surface area contributed by atoms with Crippen molar-refractivity contribution in [3.63, 3.8) is 0 Å². The number of rotatable bonds is 3. The number of benzene rings is 1. The van der Waals surface area contributed by atoms with Crippen LogP contribution in [-0.2, 0) is 5.41 Å². The van der Waals surface area contributed by atoms with E-state index in [4.69, 9.17) is 0 Å². The van der Waals surface area contributed by atoms with Crippen molar-refractivity contribution in [2.75, 3.05) is 6.61 Å². The molecule has 0 aromatic heterocycles. The van der Waals surface area contributed by atoms with Crippen LogP contribution in [0.15, 0.2) is 30.3 Å². The number of hydrogen-bond donors (Lipinski definition) is 1. The van der Waals surface area contributed by atoms with E-state index in [9.17, 15) is 5.11 Å². The predicted molar refractivity (Wildman–Crippen MR) is 65.3 cm³/mol. The van der Waals surface area contributed by atoms with E-state index in [0.29, 0.717) is 12.0 Å². The van der Waals surface area contributed by atoms with E-state index in [1.165, 1.54) is 24.8 Å². The molecule has 2 aliphatic rings. The molecule has 1 atom stereocenters. The van der Waals surface area contributed by atoms with Crippen LogP contribution < -0.4 is 0 Å². The van der Waals surface area contributed by atoms with Gasteiger partial charge in [-0.3, -0.25) is 0 Å². The first-order valence-electron chi connectivity index (χ1n) is 6.24. The molecule has 1 aromatic carbocycles. The molecule has 2 saturated carbocycles. The SMILES string of the molecule is CC1(C)CC1(CO)C1(c2ccccc2)CC1. The van der Waals surface area contributed by atoms with Crippen molar-refractivity contribution in [2.24, 2.45) is 10.8 Å². The summed E-state index contributed by atoms with van der Waals surface area (Å²) < 4.78 is 0. The number of aliphatic hydroxyl groups excluding tert-OH is 1. The van der Waals surface area contributed by atoms with Crippen molar-refractivity contribution in [1.29, 1.82) is 0 Å². The Balaban J connectivity index is 2.02. The van der Waals surface area contributed by atoms with Gasteiger partial charge in [0.15, 0.2) is 0 Å².